The second kappa shape index (κ2) is 7.82. The van der Waals surface area contributed by atoms with Crippen LogP contribution in [0.2, 0.25) is 0 Å². The number of piperidine rings is 1. The number of carbonyl (C=O) groups is 1. The fraction of sp³-hybridized carbons (Fsp3) is 0.565. The highest BCUT2D eigenvalue weighted by Crippen LogP contribution is 2.39. The van der Waals surface area contributed by atoms with Crippen molar-refractivity contribution in [3.05, 3.63) is 54.1 Å². The fourth-order valence-electron chi connectivity index (χ4n) is 5.47. The van der Waals surface area contributed by atoms with Gasteiger partial charge in [0, 0.05) is 63.0 Å². The third-order valence-corrected chi connectivity index (χ3v) is 6.99. The highest BCUT2D eigenvalue weighted by atomic mass is 16.2. The van der Waals surface area contributed by atoms with Crippen molar-refractivity contribution in [2.45, 2.75) is 51.2 Å². The molecule has 2 atom stereocenters. The van der Waals surface area contributed by atoms with E-state index in [0.29, 0.717) is 0 Å². The predicted molar refractivity (Wildman–Crippen MR) is 112 cm³/mol. The average molecular weight is 394 g/mol. The molecule has 4 heterocycles. The van der Waals surface area contributed by atoms with Gasteiger partial charge in [-0.1, -0.05) is 30.3 Å². The number of likely N-dealkylation sites (tertiary alicyclic amines) is 2. The zero-order chi connectivity index (χ0) is 19.7. The number of benzene rings is 1. The Labute approximate surface area is 172 Å². The highest BCUT2D eigenvalue weighted by molar-refractivity contribution is 5.75. The average Bonchev–Trinajstić information content (AvgIpc) is 3.36. The van der Waals surface area contributed by atoms with Crippen molar-refractivity contribution in [2.24, 2.45) is 5.41 Å². The van der Waals surface area contributed by atoms with Crippen LogP contribution in [0.4, 0.5) is 4.79 Å². The van der Waals surface area contributed by atoms with Gasteiger partial charge in [0.1, 0.15) is 5.82 Å². The molecule has 6 heteroatoms. The molecule has 2 fully saturated rings. The molecule has 2 amide bonds. The molecule has 1 aromatic heterocycles. The molecule has 2 unspecified atom stereocenters. The Bertz CT molecular complexity index is 850. The predicted octanol–water partition coefficient (Wildman–Crippen LogP) is 2.90. The lowest BCUT2D eigenvalue weighted by Crippen LogP contribution is -2.49. The van der Waals surface area contributed by atoms with Crippen molar-refractivity contribution in [3.63, 3.8) is 0 Å². The van der Waals surface area contributed by atoms with Gasteiger partial charge in [-0.25, -0.2) is 9.78 Å². The number of nitrogens with zero attached hydrogens (tertiary/aromatic N) is 4. The molecule has 2 aromatic rings. The summed E-state index contributed by atoms with van der Waals surface area (Å²) in [6, 6.07) is 11.1. The molecule has 3 aliphatic heterocycles. The first-order chi connectivity index (χ1) is 14.2. The van der Waals surface area contributed by atoms with Gasteiger partial charge in [0.2, 0.25) is 0 Å². The summed E-state index contributed by atoms with van der Waals surface area (Å²) in [5, 5.41) is 3.28. The van der Waals surface area contributed by atoms with Crippen LogP contribution in [-0.2, 0) is 19.5 Å². The van der Waals surface area contributed by atoms with Gasteiger partial charge >= 0.3 is 6.03 Å². The Hall–Kier alpha value is -2.34. The number of hydrogen-bond acceptors (Lipinski definition) is 3. The summed E-state index contributed by atoms with van der Waals surface area (Å²) >= 11 is 0. The van der Waals surface area contributed by atoms with Crippen LogP contribution in [0.1, 0.15) is 37.1 Å². The van der Waals surface area contributed by atoms with Crippen LogP contribution < -0.4 is 5.32 Å². The molecule has 154 valence electrons. The van der Waals surface area contributed by atoms with E-state index in [1.807, 2.05) is 12.4 Å². The van der Waals surface area contributed by atoms with Gasteiger partial charge < -0.3 is 14.8 Å². The molecule has 3 aliphatic rings. The number of carbonyl (C=O) groups excluding carboxylic acids is 1. The minimum Gasteiger partial charge on any atom is -0.335 e. The second-order valence-corrected chi connectivity index (χ2v) is 9.15. The summed E-state index contributed by atoms with van der Waals surface area (Å²) in [5.74, 6) is 1.09. The van der Waals surface area contributed by atoms with Gasteiger partial charge in [-0.3, -0.25) is 4.90 Å². The van der Waals surface area contributed by atoms with E-state index in [0.717, 1.165) is 64.4 Å². The first-order valence-electron chi connectivity index (χ1n) is 11.0. The van der Waals surface area contributed by atoms with Gasteiger partial charge in [-0.2, -0.15) is 0 Å². The largest absolute Gasteiger partial charge is 0.335 e. The van der Waals surface area contributed by atoms with Crippen molar-refractivity contribution in [3.8, 4) is 0 Å². The monoisotopic (exact) mass is 393 g/mol. The Morgan fingerprint density at radius 1 is 1.14 bits per heavy atom. The Kier molecular flexibility index (Phi) is 5.04. The normalized spacial score (nSPS) is 27.2. The van der Waals surface area contributed by atoms with Gasteiger partial charge in [-0.05, 0) is 37.8 Å². The van der Waals surface area contributed by atoms with E-state index in [2.05, 4.69) is 55.0 Å². The SMILES string of the molecule is O=C(NC1CCn2ccnc2C1)N1CCC2(CCCN(Cc3ccccc3)C2)C1. The topological polar surface area (TPSA) is 53.4 Å². The maximum absolute atomic E-state index is 12.9. The Morgan fingerprint density at radius 3 is 2.93 bits per heavy atom. The van der Waals surface area contributed by atoms with Crippen LogP contribution in [0.3, 0.4) is 0 Å². The number of nitrogens with one attached hydrogen (secondary N) is 1. The molecule has 29 heavy (non-hydrogen) atoms. The molecule has 0 radical (unpaired) electrons. The number of imidazole rings is 1. The van der Waals surface area contributed by atoms with E-state index in [9.17, 15) is 4.79 Å². The first kappa shape index (κ1) is 18.7. The molecule has 5 rings (SSSR count). The number of aromatic nitrogens is 2. The van der Waals surface area contributed by atoms with Gasteiger partial charge in [0.05, 0.1) is 0 Å². The van der Waals surface area contributed by atoms with Gasteiger partial charge in [-0.15, -0.1) is 0 Å². The van der Waals surface area contributed by atoms with Crippen LogP contribution in [-0.4, -0.2) is 57.6 Å². The van der Waals surface area contributed by atoms with Crippen molar-refractivity contribution in [1.82, 2.24) is 24.7 Å². The molecule has 6 nitrogen and oxygen atoms in total. The molecule has 2 saturated heterocycles. The standard InChI is InChI=1S/C23H31N5O/c29-22(25-20-7-12-27-14-10-24-21(27)15-20)28-13-9-23(18-28)8-4-11-26(17-23)16-19-5-2-1-3-6-19/h1-3,5-6,10,14,20H,4,7-9,11-13,15-18H2,(H,25,29). The van der Waals surface area contributed by atoms with Crippen LogP contribution in [0.15, 0.2) is 42.7 Å². The third-order valence-electron chi connectivity index (χ3n) is 6.99. The van der Waals surface area contributed by atoms with E-state index < -0.39 is 0 Å². The van der Waals surface area contributed by atoms with Crippen LogP contribution in [0.5, 0.6) is 0 Å². The maximum Gasteiger partial charge on any atom is 0.317 e. The first-order valence-corrected chi connectivity index (χ1v) is 11.0. The lowest BCUT2D eigenvalue weighted by atomic mass is 9.79. The van der Waals surface area contributed by atoms with E-state index in [1.165, 1.54) is 18.4 Å². The van der Waals surface area contributed by atoms with Crippen molar-refractivity contribution in [2.75, 3.05) is 26.2 Å². The van der Waals surface area contributed by atoms with Crippen molar-refractivity contribution < 1.29 is 4.79 Å². The number of aryl methyl sites for hydroxylation is 1. The number of hydrogen-bond donors (Lipinski definition) is 1. The molecular weight excluding hydrogens is 362 g/mol. The highest BCUT2D eigenvalue weighted by Gasteiger charge is 2.43. The molecule has 0 aliphatic carbocycles. The van der Waals surface area contributed by atoms with Crippen molar-refractivity contribution >= 4 is 6.03 Å². The molecule has 1 spiro atoms. The lowest BCUT2D eigenvalue weighted by Gasteiger charge is -2.40. The number of urea groups is 1. The van der Waals surface area contributed by atoms with Crippen LogP contribution in [0.25, 0.3) is 0 Å². The second-order valence-electron chi connectivity index (χ2n) is 9.15. The number of rotatable bonds is 3. The smallest absolute Gasteiger partial charge is 0.317 e. The Morgan fingerprint density at radius 2 is 2.03 bits per heavy atom. The summed E-state index contributed by atoms with van der Waals surface area (Å²) < 4.78 is 2.19. The van der Waals surface area contributed by atoms with Gasteiger partial charge in [0.15, 0.2) is 0 Å². The maximum atomic E-state index is 12.9. The van der Waals surface area contributed by atoms with Crippen LogP contribution in [0, 0.1) is 5.41 Å². The van der Waals surface area contributed by atoms with E-state index >= 15 is 0 Å². The summed E-state index contributed by atoms with van der Waals surface area (Å²) in [7, 11) is 0. The van der Waals surface area contributed by atoms with E-state index in [1.54, 1.807) is 0 Å². The molecule has 1 aromatic carbocycles. The minimum atomic E-state index is 0.118. The Balaban J connectivity index is 1.16. The third kappa shape index (κ3) is 4.04. The van der Waals surface area contributed by atoms with E-state index in [4.69, 9.17) is 0 Å². The molecule has 1 N–H and O–H groups in total. The lowest BCUT2D eigenvalue weighted by molar-refractivity contribution is 0.0895. The molecule has 0 bridgehead atoms. The summed E-state index contributed by atoms with van der Waals surface area (Å²) in [6.07, 6.45) is 9.30. The zero-order valence-electron chi connectivity index (χ0n) is 17.1. The quantitative estimate of drug-likeness (QED) is 0.872. The minimum absolute atomic E-state index is 0.118. The van der Waals surface area contributed by atoms with Crippen molar-refractivity contribution in [1.29, 1.82) is 0 Å². The van der Waals surface area contributed by atoms with Crippen LogP contribution >= 0.6 is 0 Å². The van der Waals surface area contributed by atoms with Gasteiger partial charge in [0.25, 0.3) is 0 Å². The summed E-state index contributed by atoms with van der Waals surface area (Å²) in [6.45, 7) is 6.00. The number of fused-ring (bicyclic) bond motifs is 1. The summed E-state index contributed by atoms with van der Waals surface area (Å²) in [4.78, 5) is 22.0. The molecule has 0 saturated carbocycles. The number of amides is 2. The molecular formula is C23H31N5O. The fourth-order valence-corrected chi connectivity index (χ4v) is 5.47. The zero-order valence-corrected chi connectivity index (χ0v) is 17.1. The summed E-state index contributed by atoms with van der Waals surface area (Å²) in [5.41, 5.74) is 1.65. The van der Waals surface area contributed by atoms with E-state index in [-0.39, 0.29) is 17.5 Å².